The van der Waals surface area contributed by atoms with Gasteiger partial charge in [-0.25, -0.2) is 0 Å². The molecule has 0 bridgehead atoms. The highest BCUT2D eigenvalue weighted by molar-refractivity contribution is 4.91. The van der Waals surface area contributed by atoms with Gasteiger partial charge in [-0.1, -0.05) is 33.6 Å². The maximum atomic E-state index is 10.1. The van der Waals surface area contributed by atoms with Gasteiger partial charge in [0.15, 0.2) is 0 Å². The zero-order chi connectivity index (χ0) is 11.8. The number of rotatable bonds is 1. The highest BCUT2D eigenvalue weighted by atomic mass is 16.3. The molecule has 2 aliphatic rings. The Kier molecular flexibility index (Phi) is 3.60. The lowest BCUT2D eigenvalue weighted by Crippen LogP contribution is -2.44. The fourth-order valence-electron chi connectivity index (χ4n) is 3.31. The maximum absolute atomic E-state index is 10.1. The molecule has 2 rings (SSSR count). The van der Waals surface area contributed by atoms with Crippen molar-refractivity contribution in [1.29, 1.82) is 0 Å². The van der Waals surface area contributed by atoms with Gasteiger partial charge in [-0.3, -0.25) is 4.90 Å². The Morgan fingerprint density at radius 3 is 2.31 bits per heavy atom. The summed E-state index contributed by atoms with van der Waals surface area (Å²) < 4.78 is 0. The molecule has 2 fully saturated rings. The van der Waals surface area contributed by atoms with E-state index < -0.39 is 0 Å². The Bertz CT molecular complexity index is 233. The van der Waals surface area contributed by atoms with Gasteiger partial charge in [-0.2, -0.15) is 0 Å². The second-order valence-corrected chi connectivity index (χ2v) is 6.77. The van der Waals surface area contributed by atoms with Gasteiger partial charge in [0.25, 0.3) is 0 Å². The van der Waals surface area contributed by atoms with Crippen molar-refractivity contribution in [3.63, 3.8) is 0 Å². The zero-order valence-electron chi connectivity index (χ0n) is 11.1. The fraction of sp³-hybridized carbons (Fsp3) is 1.00. The van der Waals surface area contributed by atoms with Crippen LogP contribution in [-0.4, -0.2) is 35.2 Å². The highest BCUT2D eigenvalue weighted by Gasteiger charge is 2.37. The fourth-order valence-corrected chi connectivity index (χ4v) is 3.31. The summed E-state index contributed by atoms with van der Waals surface area (Å²) in [7, 11) is 0. The lowest BCUT2D eigenvalue weighted by Gasteiger charge is -2.36. The van der Waals surface area contributed by atoms with Crippen LogP contribution in [-0.2, 0) is 0 Å². The number of nitrogens with zero attached hydrogens (tertiary/aromatic N) is 1. The van der Waals surface area contributed by atoms with Gasteiger partial charge >= 0.3 is 0 Å². The predicted molar refractivity (Wildman–Crippen MR) is 67.4 cm³/mol. The molecule has 0 spiro atoms. The van der Waals surface area contributed by atoms with Crippen LogP contribution in [0.5, 0.6) is 0 Å². The van der Waals surface area contributed by atoms with Gasteiger partial charge in [0.05, 0.1) is 6.10 Å². The molecule has 1 N–H and O–H groups in total. The molecule has 2 heteroatoms. The number of aliphatic hydroxyl groups is 1. The summed E-state index contributed by atoms with van der Waals surface area (Å²) in [6, 6.07) is 0.459. The minimum atomic E-state index is -0.0625. The second kappa shape index (κ2) is 4.66. The van der Waals surface area contributed by atoms with Gasteiger partial charge in [0.2, 0.25) is 0 Å². The summed E-state index contributed by atoms with van der Waals surface area (Å²) in [5, 5.41) is 10.1. The number of likely N-dealkylation sites (tertiary alicyclic amines) is 1. The van der Waals surface area contributed by atoms with E-state index in [1.807, 2.05) is 0 Å². The number of hydrogen-bond acceptors (Lipinski definition) is 2. The van der Waals surface area contributed by atoms with E-state index >= 15 is 0 Å². The number of aliphatic hydroxyl groups excluding tert-OH is 1. The van der Waals surface area contributed by atoms with Gasteiger partial charge in [0, 0.05) is 12.6 Å². The van der Waals surface area contributed by atoms with Crippen molar-refractivity contribution in [2.45, 2.75) is 65.0 Å². The highest BCUT2D eigenvalue weighted by Crippen LogP contribution is 2.36. The van der Waals surface area contributed by atoms with Gasteiger partial charge in [-0.05, 0) is 37.1 Å². The Morgan fingerprint density at radius 2 is 1.75 bits per heavy atom. The second-order valence-electron chi connectivity index (χ2n) is 6.77. The first-order chi connectivity index (χ1) is 7.48. The molecule has 1 aliphatic heterocycles. The first-order valence-electron chi connectivity index (χ1n) is 6.90. The van der Waals surface area contributed by atoms with Crippen molar-refractivity contribution in [1.82, 2.24) is 4.90 Å². The maximum Gasteiger partial charge on any atom is 0.0695 e. The van der Waals surface area contributed by atoms with Crippen molar-refractivity contribution in [3.05, 3.63) is 0 Å². The Labute approximate surface area is 100 Å². The van der Waals surface area contributed by atoms with Crippen molar-refractivity contribution < 1.29 is 5.11 Å². The lowest BCUT2D eigenvalue weighted by molar-refractivity contribution is 0.0267. The average molecular weight is 225 g/mol. The molecule has 1 unspecified atom stereocenters. The van der Waals surface area contributed by atoms with Crippen LogP contribution < -0.4 is 0 Å². The van der Waals surface area contributed by atoms with E-state index in [-0.39, 0.29) is 6.10 Å². The van der Waals surface area contributed by atoms with E-state index in [2.05, 4.69) is 25.7 Å². The van der Waals surface area contributed by atoms with E-state index in [0.717, 1.165) is 12.3 Å². The van der Waals surface area contributed by atoms with E-state index in [1.165, 1.54) is 38.8 Å². The van der Waals surface area contributed by atoms with Crippen molar-refractivity contribution in [2.24, 2.45) is 11.3 Å². The summed E-state index contributed by atoms with van der Waals surface area (Å²) >= 11 is 0. The van der Waals surface area contributed by atoms with E-state index in [9.17, 15) is 5.11 Å². The van der Waals surface area contributed by atoms with Crippen molar-refractivity contribution in [3.8, 4) is 0 Å². The van der Waals surface area contributed by atoms with Crippen LogP contribution in [0.25, 0.3) is 0 Å². The molecular formula is C14H27NO. The summed E-state index contributed by atoms with van der Waals surface area (Å²) in [4.78, 5) is 2.56. The summed E-state index contributed by atoms with van der Waals surface area (Å²) in [6.45, 7) is 9.43. The number of hydrogen-bond donors (Lipinski definition) is 1. The smallest absolute Gasteiger partial charge is 0.0695 e. The minimum Gasteiger partial charge on any atom is -0.391 e. The molecule has 1 heterocycles. The van der Waals surface area contributed by atoms with Crippen LogP contribution in [0.3, 0.4) is 0 Å². The van der Waals surface area contributed by atoms with E-state index in [4.69, 9.17) is 0 Å². The Balaban J connectivity index is 1.92. The first-order valence-corrected chi connectivity index (χ1v) is 6.90. The topological polar surface area (TPSA) is 23.5 Å². The molecule has 2 nitrogen and oxygen atoms in total. The van der Waals surface area contributed by atoms with Gasteiger partial charge in [-0.15, -0.1) is 0 Å². The molecule has 0 aromatic rings. The SMILES string of the molecule is CC(C)(C)C1CCN([C@@H]2CCCC[C@H]2O)C1. The third-order valence-electron chi connectivity index (χ3n) is 4.61. The van der Waals surface area contributed by atoms with Crippen LogP contribution in [0.2, 0.25) is 0 Å². The molecule has 16 heavy (non-hydrogen) atoms. The Morgan fingerprint density at radius 1 is 1.06 bits per heavy atom. The largest absolute Gasteiger partial charge is 0.391 e. The third kappa shape index (κ3) is 2.60. The van der Waals surface area contributed by atoms with E-state index in [0.29, 0.717) is 11.5 Å². The molecule has 1 saturated heterocycles. The molecule has 0 radical (unpaired) electrons. The predicted octanol–water partition coefficient (Wildman–Crippen LogP) is 2.66. The monoisotopic (exact) mass is 225 g/mol. The third-order valence-corrected chi connectivity index (χ3v) is 4.61. The van der Waals surface area contributed by atoms with Crippen LogP contribution in [0.1, 0.15) is 52.9 Å². The first kappa shape index (κ1) is 12.4. The van der Waals surface area contributed by atoms with Crippen LogP contribution in [0.4, 0.5) is 0 Å². The van der Waals surface area contributed by atoms with Crippen molar-refractivity contribution in [2.75, 3.05) is 13.1 Å². The standard InChI is InChI=1S/C14H27NO/c1-14(2,3)11-8-9-15(10-11)12-6-4-5-7-13(12)16/h11-13,16H,4-10H2,1-3H3/t11?,12-,13-/m1/s1. The van der Waals surface area contributed by atoms with Crippen molar-refractivity contribution >= 4 is 0 Å². The lowest BCUT2D eigenvalue weighted by atomic mass is 9.80. The summed E-state index contributed by atoms with van der Waals surface area (Å²) in [5.74, 6) is 0.807. The zero-order valence-corrected chi connectivity index (χ0v) is 11.1. The minimum absolute atomic E-state index is 0.0625. The molecule has 0 aromatic carbocycles. The van der Waals surface area contributed by atoms with E-state index in [1.54, 1.807) is 0 Å². The average Bonchev–Trinajstić information content (AvgIpc) is 2.66. The molecule has 1 aliphatic carbocycles. The van der Waals surface area contributed by atoms with Crippen LogP contribution >= 0.6 is 0 Å². The molecule has 3 atom stereocenters. The summed E-state index contributed by atoms with van der Waals surface area (Å²) in [6.07, 6.45) is 5.99. The molecule has 1 saturated carbocycles. The molecular weight excluding hydrogens is 198 g/mol. The molecule has 94 valence electrons. The normalized spacial score (nSPS) is 37.9. The van der Waals surface area contributed by atoms with Gasteiger partial charge < -0.3 is 5.11 Å². The van der Waals surface area contributed by atoms with Gasteiger partial charge in [0.1, 0.15) is 0 Å². The molecule has 0 aromatic heterocycles. The van der Waals surface area contributed by atoms with Crippen LogP contribution in [0.15, 0.2) is 0 Å². The molecule has 0 amide bonds. The quantitative estimate of drug-likeness (QED) is 0.741. The Hall–Kier alpha value is -0.0800. The van der Waals surface area contributed by atoms with Crippen LogP contribution in [0, 0.1) is 11.3 Å². The summed E-state index contributed by atoms with van der Waals surface area (Å²) in [5.41, 5.74) is 0.425.